The number of hydrogen-bond acceptors (Lipinski definition) is 3. The highest BCUT2D eigenvalue weighted by Gasteiger charge is 2.09. The van der Waals surface area contributed by atoms with Crippen molar-refractivity contribution in [1.29, 1.82) is 0 Å². The Bertz CT molecular complexity index is 116. The van der Waals surface area contributed by atoms with Gasteiger partial charge in [-0.25, -0.2) is 0 Å². The summed E-state index contributed by atoms with van der Waals surface area (Å²) in [6, 6.07) is 0. The van der Waals surface area contributed by atoms with Crippen molar-refractivity contribution in [2.45, 2.75) is 19.3 Å². The van der Waals surface area contributed by atoms with E-state index in [9.17, 15) is 4.79 Å². The van der Waals surface area contributed by atoms with Gasteiger partial charge in [0.05, 0.1) is 0 Å². The molecule has 0 atom stereocenters. The molecule has 0 aromatic rings. The number of hydrogen-bond donors (Lipinski definition) is 1. The van der Waals surface area contributed by atoms with E-state index in [1.807, 2.05) is 4.31 Å². The molecule has 0 bridgehead atoms. The predicted molar refractivity (Wildman–Crippen MR) is 39.4 cm³/mol. The van der Waals surface area contributed by atoms with Gasteiger partial charge in [0, 0.05) is 25.9 Å². The molecule has 2 nitrogen and oxygen atoms in total. The van der Waals surface area contributed by atoms with Gasteiger partial charge in [-0.2, -0.15) is 0 Å². The monoisotopic (exact) mass is 145 g/mol. The first-order chi connectivity index (χ1) is 4.29. The van der Waals surface area contributed by atoms with Crippen molar-refractivity contribution in [3.8, 4) is 0 Å². The van der Waals surface area contributed by atoms with Crippen LogP contribution in [-0.4, -0.2) is 23.2 Å². The van der Waals surface area contributed by atoms with Crippen LogP contribution < -0.4 is 0 Å². The third-order valence-electron chi connectivity index (χ3n) is 1.52. The van der Waals surface area contributed by atoms with Crippen LogP contribution in [0.2, 0.25) is 0 Å². The smallest absolute Gasteiger partial charge is 0.134 e. The molecular formula is C6H11NOS. The molecule has 0 spiro atoms. The molecule has 0 radical (unpaired) electrons. The van der Waals surface area contributed by atoms with Crippen LogP contribution in [0.4, 0.5) is 0 Å². The Labute approximate surface area is 60.8 Å². The number of carbonyl (C=O) groups is 1. The highest BCUT2D eigenvalue weighted by Crippen LogP contribution is 2.07. The van der Waals surface area contributed by atoms with E-state index in [-0.39, 0.29) is 0 Å². The van der Waals surface area contributed by atoms with E-state index in [1.165, 1.54) is 0 Å². The molecule has 1 heterocycles. The highest BCUT2D eigenvalue weighted by atomic mass is 32.1. The fraction of sp³-hybridized carbons (Fsp3) is 0.833. The second-order valence-corrected chi connectivity index (χ2v) is 2.91. The Balaban J connectivity index is 2.34. The van der Waals surface area contributed by atoms with Crippen molar-refractivity contribution in [2.75, 3.05) is 13.1 Å². The molecule has 9 heavy (non-hydrogen) atoms. The molecule has 1 saturated heterocycles. The lowest BCUT2D eigenvalue weighted by atomic mass is 10.2. The summed E-state index contributed by atoms with van der Waals surface area (Å²) in [5, 5.41) is 0. The lowest BCUT2D eigenvalue weighted by Crippen LogP contribution is -2.12. The summed E-state index contributed by atoms with van der Waals surface area (Å²) in [5.74, 6) is 0.381. The van der Waals surface area contributed by atoms with Gasteiger partial charge in [0.1, 0.15) is 5.78 Å². The van der Waals surface area contributed by atoms with Crippen molar-refractivity contribution in [3.63, 3.8) is 0 Å². The van der Waals surface area contributed by atoms with Crippen molar-refractivity contribution >= 4 is 18.6 Å². The first-order valence-corrected chi connectivity index (χ1v) is 3.64. The van der Waals surface area contributed by atoms with Crippen LogP contribution in [0.25, 0.3) is 0 Å². The van der Waals surface area contributed by atoms with Crippen LogP contribution in [0.15, 0.2) is 0 Å². The number of Topliss-reactive ketones (excluding diaryl/α,β-unsaturated/α-hetero) is 1. The van der Waals surface area contributed by atoms with E-state index in [1.54, 1.807) is 0 Å². The quantitative estimate of drug-likeness (QED) is 0.511. The first-order valence-electron chi connectivity index (χ1n) is 3.24. The molecular weight excluding hydrogens is 134 g/mol. The molecule has 1 rings (SSSR count). The third-order valence-corrected chi connectivity index (χ3v) is 1.92. The van der Waals surface area contributed by atoms with Crippen LogP contribution in [0.3, 0.4) is 0 Å². The molecule has 1 fully saturated rings. The van der Waals surface area contributed by atoms with Crippen LogP contribution in [0.5, 0.6) is 0 Å². The Morgan fingerprint density at radius 1 is 1.33 bits per heavy atom. The molecule has 1 aliphatic rings. The lowest BCUT2D eigenvalue weighted by Gasteiger charge is -2.08. The summed E-state index contributed by atoms with van der Waals surface area (Å²) >= 11 is 4.15. The summed E-state index contributed by atoms with van der Waals surface area (Å²) < 4.78 is 1.91. The fourth-order valence-corrected chi connectivity index (χ4v) is 1.19. The van der Waals surface area contributed by atoms with Crippen molar-refractivity contribution < 1.29 is 4.79 Å². The van der Waals surface area contributed by atoms with E-state index in [2.05, 4.69) is 12.8 Å². The maximum Gasteiger partial charge on any atom is 0.134 e. The van der Waals surface area contributed by atoms with Gasteiger partial charge in [-0.05, 0) is 6.42 Å². The van der Waals surface area contributed by atoms with Gasteiger partial charge in [-0.3, -0.25) is 9.10 Å². The van der Waals surface area contributed by atoms with Gasteiger partial charge in [-0.15, -0.1) is 0 Å². The van der Waals surface area contributed by atoms with E-state index < -0.39 is 0 Å². The minimum Gasteiger partial charge on any atom is -0.300 e. The zero-order valence-corrected chi connectivity index (χ0v) is 6.23. The summed E-state index contributed by atoms with van der Waals surface area (Å²) in [6.45, 7) is 1.77. The Hall–Kier alpha value is -0.0200. The lowest BCUT2D eigenvalue weighted by molar-refractivity contribution is -0.118. The summed E-state index contributed by atoms with van der Waals surface area (Å²) in [4.78, 5) is 10.8. The molecule has 0 saturated carbocycles. The van der Waals surface area contributed by atoms with Crippen molar-refractivity contribution in [2.24, 2.45) is 0 Å². The Morgan fingerprint density at radius 3 is 2.89 bits per heavy atom. The molecule has 1 aliphatic heterocycles. The predicted octanol–water partition coefficient (Wildman–Crippen LogP) is 0.886. The van der Waals surface area contributed by atoms with Gasteiger partial charge in [0.15, 0.2) is 0 Å². The Kier molecular flexibility index (Phi) is 2.54. The van der Waals surface area contributed by atoms with Gasteiger partial charge >= 0.3 is 0 Å². The van der Waals surface area contributed by atoms with E-state index >= 15 is 0 Å². The average Bonchev–Trinajstić information content (AvgIpc) is 1.97. The molecule has 52 valence electrons. The van der Waals surface area contributed by atoms with Gasteiger partial charge in [0.2, 0.25) is 0 Å². The van der Waals surface area contributed by atoms with Crippen LogP contribution in [0, 0.1) is 0 Å². The SMILES string of the molecule is O=C1CCCN(S)CC1. The second kappa shape index (κ2) is 3.22. The number of ketones is 1. The zero-order valence-electron chi connectivity index (χ0n) is 5.34. The van der Waals surface area contributed by atoms with Gasteiger partial charge < -0.3 is 0 Å². The largest absolute Gasteiger partial charge is 0.300 e. The van der Waals surface area contributed by atoms with Crippen LogP contribution >= 0.6 is 12.8 Å². The summed E-state index contributed by atoms with van der Waals surface area (Å²) in [5.41, 5.74) is 0. The maximum absolute atomic E-state index is 10.8. The first kappa shape index (κ1) is 7.09. The van der Waals surface area contributed by atoms with Crippen molar-refractivity contribution in [3.05, 3.63) is 0 Å². The summed E-state index contributed by atoms with van der Waals surface area (Å²) in [7, 11) is 0. The third kappa shape index (κ3) is 2.37. The molecule has 3 heteroatoms. The van der Waals surface area contributed by atoms with E-state index in [4.69, 9.17) is 0 Å². The Morgan fingerprint density at radius 2 is 2.11 bits per heavy atom. The fourth-order valence-electron chi connectivity index (χ4n) is 0.949. The molecule has 0 aliphatic carbocycles. The zero-order chi connectivity index (χ0) is 6.69. The number of rotatable bonds is 0. The molecule has 0 amide bonds. The topological polar surface area (TPSA) is 20.3 Å². The number of thiol groups is 1. The van der Waals surface area contributed by atoms with E-state index in [0.717, 1.165) is 25.9 Å². The van der Waals surface area contributed by atoms with E-state index in [0.29, 0.717) is 12.2 Å². The maximum atomic E-state index is 10.8. The van der Waals surface area contributed by atoms with Crippen molar-refractivity contribution in [1.82, 2.24) is 4.31 Å². The van der Waals surface area contributed by atoms with Crippen LogP contribution in [-0.2, 0) is 4.79 Å². The van der Waals surface area contributed by atoms with Crippen LogP contribution in [0.1, 0.15) is 19.3 Å². The molecule has 0 aromatic heterocycles. The molecule has 0 N–H and O–H groups in total. The average molecular weight is 145 g/mol. The standard InChI is InChI=1S/C6H11NOS/c8-6-2-1-4-7(9)5-3-6/h9H,1-5H2. The summed E-state index contributed by atoms with van der Waals surface area (Å²) in [6.07, 6.45) is 2.41. The number of nitrogens with zero attached hydrogens (tertiary/aromatic N) is 1. The second-order valence-electron chi connectivity index (χ2n) is 2.35. The molecule has 0 aromatic carbocycles. The van der Waals surface area contributed by atoms with Gasteiger partial charge in [-0.1, -0.05) is 12.8 Å². The minimum absolute atomic E-state index is 0.381. The highest BCUT2D eigenvalue weighted by molar-refractivity contribution is 7.77. The normalized spacial score (nSPS) is 23.9. The minimum atomic E-state index is 0.381. The van der Waals surface area contributed by atoms with Gasteiger partial charge in [0.25, 0.3) is 0 Å². The molecule has 0 unspecified atom stereocenters. The number of carbonyl (C=O) groups excluding carboxylic acids is 1.